The van der Waals surface area contributed by atoms with Crippen LogP contribution in [0.5, 0.6) is 5.75 Å². The molecule has 2 aromatic rings. The lowest BCUT2D eigenvalue weighted by Crippen LogP contribution is -2.17. The van der Waals surface area contributed by atoms with Gasteiger partial charge in [0.25, 0.3) is 0 Å². The van der Waals surface area contributed by atoms with Gasteiger partial charge in [-0.25, -0.2) is 14.3 Å². The molecule has 0 N–H and O–H groups in total. The van der Waals surface area contributed by atoms with Gasteiger partial charge in [-0.15, -0.1) is 5.10 Å². The van der Waals surface area contributed by atoms with E-state index in [-0.39, 0.29) is 17.9 Å². The molecule has 1 aromatic heterocycles. The Morgan fingerprint density at radius 3 is 2.50 bits per heavy atom. The van der Waals surface area contributed by atoms with Crippen molar-refractivity contribution >= 4 is 11.9 Å². The van der Waals surface area contributed by atoms with Crippen molar-refractivity contribution in [3.8, 4) is 5.75 Å². The topological polar surface area (TPSA) is 92.5 Å². The smallest absolute Gasteiger partial charge is 0.361 e. The zero-order valence-electron chi connectivity index (χ0n) is 12.4. The van der Waals surface area contributed by atoms with Gasteiger partial charge < -0.3 is 14.2 Å². The first-order valence-electron chi connectivity index (χ1n) is 6.33. The first kappa shape index (κ1) is 15.5. The maximum Gasteiger partial charge on any atom is 0.361 e. The van der Waals surface area contributed by atoms with E-state index in [1.165, 1.54) is 18.9 Å². The van der Waals surface area contributed by atoms with E-state index in [2.05, 4.69) is 19.8 Å². The number of methoxy groups -OCH3 is 3. The molecule has 0 bridgehead atoms. The minimum absolute atomic E-state index is 0.0582. The lowest BCUT2D eigenvalue weighted by atomic mass is 10.2. The molecular formula is C14H15N3O5. The first-order valence-corrected chi connectivity index (χ1v) is 6.33. The van der Waals surface area contributed by atoms with Crippen molar-refractivity contribution in [1.29, 1.82) is 0 Å². The molecule has 0 fully saturated rings. The summed E-state index contributed by atoms with van der Waals surface area (Å²) in [6, 6.07) is 7.24. The van der Waals surface area contributed by atoms with Crippen LogP contribution in [0.2, 0.25) is 0 Å². The van der Waals surface area contributed by atoms with Crippen LogP contribution in [-0.2, 0) is 16.0 Å². The average molecular weight is 305 g/mol. The van der Waals surface area contributed by atoms with Crippen molar-refractivity contribution in [3.63, 3.8) is 0 Å². The van der Waals surface area contributed by atoms with Gasteiger partial charge in [-0.2, -0.15) is 0 Å². The number of aromatic nitrogens is 3. The van der Waals surface area contributed by atoms with Crippen molar-refractivity contribution in [2.45, 2.75) is 6.54 Å². The standard InChI is InChI=1S/C14H15N3O5/c1-20-10-6-4-5-9(7-10)8-17-12(14(19)22-3)11(15-16-17)13(18)21-2/h4-7H,8H2,1-3H3. The highest BCUT2D eigenvalue weighted by molar-refractivity contribution is 6.00. The SMILES string of the molecule is COC(=O)c1nnn(Cc2cccc(OC)c2)c1C(=O)OC. The van der Waals surface area contributed by atoms with Crippen LogP contribution in [0.3, 0.4) is 0 Å². The Kier molecular flexibility index (Phi) is 4.72. The van der Waals surface area contributed by atoms with Gasteiger partial charge in [0.2, 0.25) is 5.69 Å². The molecular weight excluding hydrogens is 290 g/mol. The monoisotopic (exact) mass is 305 g/mol. The molecule has 8 nitrogen and oxygen atoms in total. The van der Waals surface area contributed by atoms with E-state index in [9.17, 15) is 9.59 Å². The van der Waals surface area contributed by atoms with Crippen molar-refractivity contribution in [1.82, 2.24) is 15.0 Å². The predicted molar refractivity (Wildman–Crippen MR) is 74.8 cm³/mol. The highest BCUT2D eigenvalue weighted by Gasteiger charge is 2.26. The molecule has 0 saturated carbocycles. The summed E-state index contributed by atoms with van der Waals surface area (Å²) in [5.74, 6) is -0.795. The third kappa shape index (κ3) is 3.05. The van der Waals surface area contributed by atoms with Crippen LogP contribution < -0.4 is 4.74 Å². The average Bonchev–Trinajstić information content (AvgIpc) is 2.97. The molecule has 1 aromatic carbocycles. The Hall–Kier alpha value is -2.90. The first-order chi connectivity index (χ1) is 10.6. The fourth-order valence-electron chi connectivity index (χ4n) is 1.90. The molecule has 0 saturated heterocycles. The maximum absolute atomic E-state index is 11.9. The number of benzene rings is 1. The number of ether oxygens (including phenoxy) is 3. The molecule has 0 amide bonds. The number of hydrogen-bond donors (Lipinski definition) is 0. The van der Waals surface area contributed by atoms with Gasteiger partial charge in [-0.1, -0.05) is 17.3 Å². The number of carbonyl (C=O) groups excluding carboxylic acids is 2. The second-order valence-corrected chi connectivity index (χ2v) is 4.28. The third-order valence-electron chi connectivity index (χ3n) is 2.96. The van der Waals surface area contributed by atoms with Crippen molar-refractivity contribution < 1.29 is 23.8 Å². The van der Waals surface area contributed by atoms with E-state index in [4.69, 9.17) is 4.74 Å². The molecule has 0 aliphatic heterocycles. The van der Waals surface area contributed by atoms with Crippen molar-refractivity contribution in [3.05, 3.63) is 41.2 Å². The quantitative estimate of drug-likeness (QED) is 0.758. The van der Waals surface area contributed by atoms with E-state index in [1.807, 2.05) is 12.1 Å². The Bertz CT molecular complexity index is 696. The number of hydrogen-bond acceptors (Lipinski definition) is 7. The second-order valence-electron chi connectivity index (χ2n) is 4.28. The van der Waals surface area contributed by atoms with Crippen LogP contribution in [0.25, 0.3) is 0 Å². The molecule has 0 spiro atoms. The van der Waals surface area contributed by atoms with Gasteiger partial charge in [0.05, 0.1) is 27.9 Å². The fourth-order valence-corrected chi connectivity index (χ4v) is 1.90. The largest absolute Gasteiger partial charge is 0.497 e. The van der Waals surface area contributed by atoms with Gasteiger partial charge in [0.15, 0.2) is 5.69 Å². The summed E-state index contributed by atoms with van der Waals surface area (Å²) >= 11 is 0. The molecule has 0 atom stereocenters. The highest BCUT2D eigenvalue weighted by Crippen LogP contribution is 2.16. The Morgan fingerprint density at radius 1 is 1.14 bits per heavy atom. The zero-order chi connectivity index (χ0) is 16.1. The molecule has 0 unspecified atom stereocenters. The predicted octanol–water partition coefficient (Wildman–Crippen LogP) is 0.908. The van der Waals surface area contributed by atoms with Gasteiger partial charge in [0, 0.05) is 0 Å². The number of nitrogens with zero attached hydrogens (tertiary/aromatic N) is 3. The molecule has 22 heavy (non-hydrogen) atoms. The summed E-state index contributed by atoms with van der Waals surface area (Å²) in [5, 5.41) is 7.53. The van der Waals surface area contributed by atoms with Gasteiger partial charge >= 0.3 is 11.9 Å². The summed E-state index contributed by atoms with van der Waals surface area (Å²) in [4.78, 5) is 23.5. The van der Waals surface area contributed by atoms with Gasteiger partial charge in [-0.3, -0.25) is 0 Å². The minimum Gasteiger partial charge on any atom is -0.497 e. The molecule has 0 radical (unpaired) electrons. The Labute approximate surface area is 126 Å². The van der Waals surface area contributed by atoms with E-state index in [1.54, 1.807) is 19.2 Å². The van der Waals surface area contributed by atoms with Gasteiger partial charge in [-0.05, 0) is 17.7 Å². The van der Waals surface area contributed by atoms with Gasteiger partial charge in [0.1, 0.15) is 5.75 Å². The van der Waals surface area contributed by atoms with Crippen LogP contribution in [0, 0.1) is 0 Å². The lowest BCUT2D eigenvalue weighted by Gasteiger charge is -2.07. The number of carbonyl (C=O) groups is 2. The van der Waals surface area contributed by atoms with E-state index < -0.39 is 11.9 Å². The van der Waals surface area contributed by atoms with Crippen LogP contribution in [0.15, 0.2) is 24.3 Å². The van der Waals surface area contributed by atoms with Crippen LogP contribution in [0.1, 0.15) is 26.5 Å². The summed E-state index contributed by atoms with van der Waals surface area (Å²) in [5.41, 5.74) is 0.584. The van der Waals surface area contributed by atoms with E-state index in [0.717, 1.165) is 5.56 Å². The summed E-state index contributed by atoms with van der Waals surface area (Å²) in [6.07, 6.45) is 0. The van der Waals surface area contributed by atoms with Crippen molar-refractivity contribution in [2.75, 3.05) is 21.3 Å². The number of rotatable bonds is 5. The van der Waals surface area contributed by atoms with Crippen LogP contribution in [-0.4, -0.2) is 48.3 Å². The number of esters is 2. The molecule has 1 heterocycles. The summed E-state index contributed by atoms with van der Waals surface area (Å²) < 4.78 is 15.7. The Balaban J connectivity index is 2.40. The molecule has 8 heteroatoms. The normalized spacial score (nSPS) is 10.1. The maximum atomic E-state index is 11.9. The highest BCUT2D eigenvalue weighted by atomic mass is 16.5. The van der Waals surface area contributed by atoms with Crippen LogP contribution in [0.4, 0.5) is 0 Å². The lowest BCUT2D eigenvalue weighted by molar-refractivity contribution is 0.0544. The minimum atomic E-state index is -0.753. The molecule has 0 aliphatic rings. The molecule has 0 aliphatic carbocycles. The van der Waals surface area contributed by atoms with E-state index in [0.29, 0.717) is 5.75 Å². The second kappa shape index (κ2) is 6.70. The summed E-state index contributed by atoms with van der Waals surface area (Å²) in [7, 11) is 3.97. The third-order valence-corrected chi connectivity index (χ3v) is 2.96. The van der Waals surface area contributed by atoms with Crippen LogP contribution >= 0.6 is 0 Å². The molecule has 2 rings (SSSR count). The van der Waals surface area contributed by atoms with E-state index >= 15 is 0 Å². The van der Waals surface area contributed by atoms with Crippen molar-refractivity contribution in [2.24, 2.45) is 0 Å². The molecule has 116 valence electrons. The fraction of sp³-hybridized carbons (Fsp3) is 0.286. The zero-order valence-corrected chi connectivity index (χ0v) is 12.4. The summed E-state index contributed by atoms with van der Waals surface area (Å²) in [6.45, 7) is 0.228. The Morgan fingerprint density at radius 2 is 1.86 bits per heavy atom.